The summed E-state index contributed by atoms with van der Waals surface area (Å²) >= 11 is 1.26. The van der Waals surface area contributed by atoms with E-state index in [1.165, 1.54) is 37.1 Å². The van der Waals surface area contributed by atoms with E-state index in [0.717, 1.165) is 15.4 Å². The van der Waals surface area contributed by atoms with Crippen LogP contribution in [0.25, 0.3) is 0 Å². The van der Waals surface area contributed by atoms with Gasteiger partial charge in [-0.1, -0.05) is 59.8 Å². The van der Waals surface area contributed by atoms with E-state index in [4.69, 9.17) is 0 Å². The number of aryl methyl sites for hydroxylation is 1. The first kappa shape index (κ1) is 21.8. The van der Waals surface area contributed by atoms with Gasteiger partial charge in [0, 0.05) is 19.8 Å². The van der Waals surface area contributed by atoms with Crippen LogP contribution < -0.4 is 9.62 Å². The van der Waals surface area contributed by atoms with Gasteiger partial charge < -0.3 is 5.32 Å². The molecule has 1 amide bonds. The van der Waals surface area contributed by atoms with E-state index in [1.807, 2.05) is 37.3 Å². The summed E-state index contributed by atoms with van der Waals surface area (Å²) in [5, 5.41) is 3.17. The first-order chi connectivity index (χ1) is 14.3. The van der Waals surface area contributed by atoms with Gasteiger partial charge in [-0.05, 0) is 30.9 Å². The zero-order valence-electron chi connectivity index (χ0n) is 16.9. The molecular formula is C21H22N4O3S2. The summed E-state index contributed by atoms with van der Waals surface area (Å²) in [7, 11) is -2.52. The summed E-state index contributed by atoms with van der Waals surface area (Å²) in [6.45, 7) is 2.18. The number of nitrogens with zero attached hydrogens (tertiary/aromatic N) is 3. The van der Waals surface area contributed by atoms with Crippen LogP contribution in [0.1, 0.15) is 21.5 Å². The van der Waals surface area contributed by atoms with E-state index in [0.29, 0.717) is 11.7 Å². The molecule has 0 fully saturated rings. The predicted octanol–water partition coefficient (Wildman–Crippen LogP) is 3.26. The smallest absolute Gasteiger partial charge is 0.265 e. The highest BCUT2D eigenvalue weighted by Gasteiger charge is 2.27. The fourth-order valence-corrected chi connectivity index (χ4v) is 4.21. The number of amides is 1. The van der Waals surface area contributed by atoms with Gasteiger partial charge in [-0.25, -0.2) is 18.4 Å². The molecule has 0 atom stereocenters. The van der Waals surface area contributed by atoms with Crippen LogP contribution >= 0.6 is 11.8 Å². The molecule has 7 nitrogen and oxygen atoms in total. The highest BCUT2D eigenvalue weighted by molar-refractivity contribution is 7.98. The highest BCUT2D eigenvalue weighted by atomic mass is 32.2. The molecule has 0 saturated heterocycles. The second-order valence-corrected chi connectivity index (χ2v) is 9.29. The van der Waals surface area contributed by atoms with Crippen molar-refractivity contribution in [2.45, 2.75) is 23.5 Å². The zero-order valence-corrected chi connectivity index (χ0v) is 18.5. The Morgan fingerprint density at radius 3 is 2.40 bits per heavy atom. The molecule has 0 aliphatic carbocycles. The molecule has 0 bridgehead atoms. The predicted molar refractivity (Wildman–Crippen MR) is 118 cm³/mol. The lowest BCUT2D eigenvalue weighted by Crippen LogP contribution is -2.32. The number of hydrogen-bond donors (Lipinski definition) is 1. The Labute approximate surface area is 180 Å². The molecule has 0 aliphatic rings. The number of carbonyl (C=O) groups excluding carboxylic acids is 1. The van der Waals surface area contributed by atoms with Crippen LogP contribution in [0, 0.1) is 6.92 Å². The zero-order chi connectivity index (χ0) is 21.7. The maximum absolute atomic E-state index is 13.1. The van der Waals surface area contributed by atoms with Crippen molar-refractivity contribution in [2.24, 2.45) is 0 Å². The van der Waals surface area contributed by atoms with Gasteiger partial charge >= 0.3 is 0 Å². The minimum Gasteiger partial charge on any atom is -0.348 e. The Hall–Kier alpha value is -2.91. The van der Waals surface area contributed by atoms with Crippen molar-refractivity contribution >= 4 is 33.5 Å². The first-order valence-electron chi connectivity index (χ1n) is 9.11. The van der Waals surface area contributed by atoms with Crippen molar-refractivity contribution in [1.82, 2.24) is 15.3 Å². The maximum atomic E-state index is 13.1. The number of aromatic nitrogens is 2. The second-order valence-electron chi connectivity index (χ2n) is 6.55. The summed E-state index contributed by atoms with van der Waals surface area (Å²) in [6.07, 6.45) is 3.14. The Morgan fingerprint density at radius 1 is 1.10 bits per heavy atom. The summed E-state index contributed by atoms with van der Waals surface area (Å²) < 4.78 is 27.3. The topological polar surface area (TPSA) is 92.3 Å². The van der Waals surface area contributed by atoms with Gasteiger partial charge in [0.1, 0.15) is 5.56 Å². The van der Waals surface area contributed by atoms with Gasteiger partial charge in [-0.2, -0.15) is 0 Å². The lowest BCUT2D eigenvalue weighted by atomic mass is 10.2. The molecule has 2 aromatic carbocycles. The second kappa shape index (κ2) is 9.27. The molecule has 3 rings (SSSR count). The minimum atomic E-state index is -3.90. The van der Waals surface area contributed by atoms with Crippen molar-refractivity contribution in [3.05, 3.63) is 77.5 Å². The molecule has 0 saturated carbocycles. The van der Waals surface area contributed by atoms with E-state index < -0.39 is 15.9 Å². The average molecular weight is 443 g/mol. The largest absolute Gasteiger partial charge is 0.348 e. The van der Waals surface area contributed by atoms with Crippen molar-refractivity contribution in [3.8, 4) is 0 Å². The summed E-state index contributed by atoms with van der Waals surface area (Å²) in [6, 6.07) is 16.0. The van der Waals surface area contributed by atoms with E-state index in [9.17, 15) is 13.2 Å². The number of thioether (sulfide) groups is 1. The Morgan fingerprint density at radius 2 is 1.77 bits per heavy atom. The normalized spacial score (nSPS) is 11.2. The van der Waals surface area contributed by atoms with E-state index >= 15 is 0 Å². The van der Waals surface area contributed by atoms with Crippen LogP contribution in [-0.4, -0.2) is 37.6 Å². The number of rotatable bonds is 7. The maximum Gasteiger partial charge on any atom is 0.265 e. The van der Waals surface area contributed by atoms with Gasteiger partial charge in [-0.3, -0.25) is 9.10 Å². The summed E-state index contributed by atoms with van der Waals surface area (Å²) in [4.78, 5) is 21.4. The minimum absolute atomic E-state index is 0.0282. The molecular weight excluding hydrogens is 420 g/mol. The third-order valence-corrected chi connectivity index (χ3v) is 6.77. The monoisotopic (exact) mass is 442 g/mol. The number of nitrogens with one attached hydrogen (secondary N) is 1. The van der Waals surface area contributed by atoms with Crippen LogP contribution in [0.15, 0.2) is 70.8 Å². The molecule has 9 heteroatoms. The molecule has 1 heterocycles. The lowest BCUT2D eigenvalue weighted by Gasteiger charge is -2.21. The molecule has 0 unspecified atom stereocenters. The number of benzene rings is 2. The fraction of sp³-hybridized carbons (Fsp3) is 0.190. The van der Waals surface area contributed by atoms with Crippen LogP contribution in [0.5, 0.6) is 0 Å². The Balaban J connectivity index is 1.94. The third kappa shape index (κ3) is 4.80. The molecule has 0 radical (unpaired) electrons. The summed E-state index contributed by atoms with van der Waals surface area (Å²) in [5.74, 6) is -0.423. The number of hydrogen-bond acceptors (Lipinski definition) is 6. The Bertz CT molecular complexity index is 1130. The lowest BCUT2D eigenvalue weighted by molar-refractivity contribution is 0.0950. The third-order valence-electron chi connectivity index (χ3n) is 4.45. The van der Waals surface area contributed by atoms with E-state index in [1.54, 1.807) is 18.4 Å². The molecule has 156 valence electrons. The molecule has 1 N–H and O–H groups in total. The SMILES string of the molecule is CSc1ncc(C(=O)NCc2ccccc2)c(N(C)S(=O)(=O)c2ccc(C)cc2)n1. The van der Waals surface area contributed by atoms with Gasteiger partial charge in [0.2, 0.25) is 0 Å². The van der Waals surface area contributed by atoms with Gasteiger partial charge in [0.25, 0.3) is 15.9 Å². The average Bonchev–Trinajstić information content (AvgIpc) is 2.77. The van der Waals surface area contributed by atoms with E-state index in [-0.39, 0.29) is 16.3 Å². The molecule has 0 spiro atoms. The van der Waals surface area contributed by atoms with Crippen molar-refractivity contribution in [1.29, 1.82) is 0 Å². The standard InChI is InChI=1S/C21H22N4O3S2/c1-15-9-11-17(12-10-15)30(27,28)25(2)19-18(14-23-21(24-19)29-3)20(26)22-13-16-7-5-4-6-8-16/h4-12,14H,13H2,1-3H3,(H,22,26). The first-order valence-corrected chi connectivity index (χ1v) is 11.8. The number of sulfonamides is 1. The number of anilines is 1. The van der Waals surface area contributed by atoms with Crippen LogP contribution in [0.2, 0.25) is 0 Å². The molecule has 0 aliphatic heterocycles. The highest BCUT2D eigenvalue weighted by Crippen LogP contribution is 2.25. The van der Waals surface area contributed by atoms with Gasteiger partial charge in [-0.15, -0.1) is 0 Å². The van der Waals surface area contributed by atoms with Crippen LogP contribution in [-0.2, 0) is 16.6 Å². The van der Waals surface area contributed by atoms with E-state index in [2.05, 4.69) is 15.3 Å². The Kier molecular flexibility index (Phi) is 6.73. The van der Waals surface area contributed by atoms with Crippen LogP contribution in [0.3, 0.4) is 0 Å². The fourth-order valence-electron chi connectivity index (χ4n) is 2.71. The summed E-state index contributed by atoms with van der Waals surface area (Å²) in [5.41, 5.74) is 1.96. The molecule has 1 aromatic heterocycles. The van der Waals surface area contributed by atoms with Crippen molar-refractivity contribution in [2.75, 3.05) is 17.6 Å². The van der Waals surface area contributed by atoms with Crippen molar-refractivity contribution < 1.29 is 13.2 Å². The molecule has 3 aromatic rings. The molecule has 30 heavy (non-hydrogen) atoms. The van der Waals surface area contributed by atoms with Gasteiger partial charge in [0.15, 0.2) is 11.0 Å². The quantitative estimate of drug-likeness (QED) is 0.446. The van der Waals surface area contributed by atoms with Crippen LogP contribution in [0.4, 0.5) is 5.82 Å². The van der Waals surface area contributed by atoms with Gasteiger partial charge in [0.05, 0.1) is 4.90 Å². The number of carbonyl (C=O) groups is 1. The van der Waals surface area contributed by atoms with Crippen molar-refractivity contribution in [3.63, 3.8) is 0 Å².